The molecule has 0 aliphatic heterocycles. The Kier molecular flexibility index (Phi) is 3.39. The number of fused-ring (bicyclic) bond motifs is 3. The summed E-state index contributed by atoms with van der Waals surface area (Å²) in [6.07, 6.45) is 6.41. The lowest BCUT2D eigenvalue weighted by atomic mass is 9.50. The fraction of sp³-hybridized carbons (Fsp3) is 0.700. The van der Waals surface area contributed by atoms with E-state index in [1.165, 1.54) is 42.4 Å². The lowest BCUT2D eigenvalue weighted by molar-refractivity contribution is 0.0404. The molecule has 1 nitrogen and oxygen atoms in total. The average Bonchev–Trinajstić information content (AvgIpc) is 2.36. The average molecular weight is 286 g/mol. The second kappa shape index (κ2) is 4.76. The number of rotatable bonds is 1. The monoisotopic (exact) mass is 286 g/mol. The van der Waals surface area contributed by atoms with Gasteiger partial charge in [-0.2, -0.15) is 0 Å². The third-order valence-corrected chi connectivity index (χ3v) is 6.44. The Morgan fingerprint density at radius 3 is 2.52 bits per heavy atom. The SMILES string of the molecule is CC(C)c1c(O)ccc2c1CCC1C(C)(C)CCC[C@]21C. The Labute approximate surface area is 129 Å². The fourth-order valence-electron chi connectivity index (χ4n) is 5.54. The first kappa shape index (κ1) is 14.9. The standard InChI is InChI=1S/C20H30O/c1-13(2)18-14-7-10-17-19(3,4)11-6-12-20(17,5)15(14)8-9-16(18)21/h8-9,13,17,21H,6-7,10-12H2,1-5H3/t17?,20-/m1/s1. The zero-order valence-corrected chi connectivity index (χ0v) is 14.3. The molecule has 0 saturated heterocycles. The summed E-state index contributed by atoms with van der Waals surface area (Å²) in [4.78, 5) is 0. The van der Waals surface area contributed by atoms with Gasteiger partial charge < -0.3 is 5.11 Å². The van der Waals surface area contributed by atoms with Crippen molar-refractivity contribution >= 4 is 0 Å². The van der Waals surface area contributed by atoms with Gasteiger partial charge in [0.25, 0.3) is 0 Å². The van der Waals surface area contributed by atoms with Gasteiger partial charge in [0.1, 0.15) is 5.75 Å². The third kappa shape index (κ3) is 2.12. The minimum Gasteiger partial charge on any atom is -0.508 e. The Bertz CT molecular complexity index is 555. The lowest BCUT2D eigenvalue weighted by Crippen LogP contribution is -2.48. The first-order chi connectivity index (χ1) is 9.77. The van der Waals surface area contributed by atoms with E-state index in [1.54, 1.807) is 0 Å². The van der Waals surface area contributed by atoms with E-state index < -0.39 is 0 Å². The summed E-state index contributed by atoms with van der Waals surface area (Å²) in [5.41, 5.74) is 4.94. The molecule has 1 saturated carbocycles. The summed E-state index contributed by atoms with van der Waals surface area (Å²) in [7, 11) is 0. The molecule has 1 aromatic carbocycles. The number of hydrogen-bond acceptors (Lipinski definition) is 1. The van der Waals surface area contributed by atoms with E-state index in [4.69, 9.17) is 0 Å². The Morgan fingerprint density at radius 1 is 1.14 bits per heavy atom. The van der Waals surface area contributed by atoms with Crippen molar-refractivity contribution in [2.24, 2.45) is 11.3 Å². The van der Waals surface area contributed by atoms with Crippen LogP contribution in [0.2, 0.25) is 0 Å². The number of benzene rings is 1. The van der Waals surface area contributed by atoms with E-state index in [1.807, 2.05) is 6.07 Å². The van der Waals surface area contributed by atoms with Crippen molar-refractivity contribution in [3.8, 4) is 5.75 Å². The van der Waals surface area contributed by atoms with Crippen molar-refractivity contribution in [1.29, 1.82) is 0 Å². The van der Waals surface area contributed by atoms with Crippen LogP contribution in [-0.2, 0) is 11.8 Å². The maximum Gasteiger partial charge on any atom is 0.119 e. The van der Waals surface area contributed by atoms with E-state index in [9.17, 15) is 5.11 Å². The highest BCUT2D eigenvalue weighted by molar-refractivity contribution is 5.51. The van der Waals surface area contributed by atoms with Gasteiger partial charge in [-0.05, 0) is 71.1 Å². The smallest absolute Gasteiger partial charge is 0.119 e. The van der Waals surface area contributed by atoms with Gasteiger partial charge in [0.15, 0.2) is 0 Å². The van der Waals surface area contributed by atoms with Crippen LogP contribution in [-0.4, -0.2) is 5.11 Å². The minimum absolute atomic E-state index is 0.298. The summed E-state index contributed by atoms with van der Waals surface area (Å²) in [5.74, 6) is 1.67. The predicted molar refractivity (Wildman–Crippen MR) is 89.0 cm³/mol. The van der Waals surface area contributed by atoms with Crippen molar-refractivity contribution in [3.63, 3.8) is 0 Å². The van der Waals surface area contributed by atoms with Crippen molar-refractivity contribution in [2.75, 3.05) is 0 Å². The van der Waals surface area contributed by atoms with Crippen LogP contribution in [0.3, 0.4) is 0 Å². The minimum atomic E-state index is 0.298. The molecule has 0 aromatic heterocycles. The highest BCUT2D eigenvalue weighted by atomic mass is 16.3. The molecule has 116 valence electrons. The van der Waals surface area contributed by atoms with Gasteiger partial charge in [-0.1, -0.05) is 47.1 Å². The molecule has 2 aliphatic carbocycles. The highest BCUT2D eigenvalue weighted by Gasteiger charge is 2.50. The summed E-state index contributed by atoms with van der Waals surface area (Å²) in [6.45, 7) is 11.8. The van der Waals surface area contributed by atoms with E-state index >= 15 is 0 Å². The number of aromatic hydroxyl groups is 1. The van der Waals surface area contributed by atoms with E-state index in [0.29, 0.717) is 22.5 Å². The Balaban J connectivity index is 2.17. The van der Waals surface area contributed by atoms with Crippen LogP contribution in [0.25, 0.3) is 0 Å². The Morgan fingerprint density at radius 2 is 1.86 bits per heavy atom. The maximum atomic E-state index is 10.3. The molecule has 3 rings (SSSR count). The molecule has 2 aliphatic rings. The van der Waals surface area contributed by atoms with E-state index in [2.05, 4.69) is 40.7 Å². The van der Waals surface area contributed by atoms with Gasteiger partial charge in [0.2, 0.25) is 0 Å². The molecule has 0 amide bonds. The lowest BCUT2D eigenvalue weighted by Gasteiger charge is -2.54. The Hall–Kier alpha value is -0.980. The van der Waals surface area contributed by atoms with Crippen molar-refractivity contribution in [1.82, 2.24) is 0 Å². The molecule has 0 spiro atoms. The number of phenols is 1. The second-order valence-electron chi connectivity index (χ2n) is 8.53. The van der Waals surface area contributed by atoms with Gasteiger partial charge in [-0.15, -0.1) is 0 Å². The molecule has 1 aromatic rings. The molecule has 1 heteroatoms. The van der Waals surface area contributed by atoms with Crippen LogP contribution in [0.1, 0.15) is 82.9 Å². The second-order valence-corrected chi connectivity index (χ2v) is 8.53. The van der Waals surface area contributed by atoms with Gasteiger partial charge in [0, 0.05) is 0 Å². The summed E-state index contributed by atoms with van der Waals surface area (Å²) >= 11 is 0. The van der Waals surface area contributed by atoms with Crippen LogP contribution < -0.4 is 0 Å². The topological polar surface area (TPSA) is 20.2 Å². The van der Waals surface area contributed by atoms with Crippen molar-refractivity contribution < 1.29 is 5.11 Å². The maximum absolute atomic E-state index is 10.3. The first-order valence-corrected chi connectivity index (χ1v) is 8.62. The summed E-state index contributed by atoms with van der Waals surface area (Å²) in [5, 5.41) is 10.3. The molecule has 21 heavy (non-hydrogen) atoms. The summed E-state index contributed by atoms with van der Waals surface area (Å²) < 4.78 is 0. The number of hydrogen-bond donors (Lipinski definition) is 1. The van der Waals surface area contributed by atoms with Crippen LogP contribution >= 0.6 is 0 Å². The van der Waals surface area contributed by atoms with Crippen LogP contribution in [0.15, 0.2) is 12.1 Å². The molecular weight excluding hydrogens is 256 g/mol. The third-order valence-electron chi connectivity index (χ3n) is 6.44. The van der Waals surface area contributed by atoms with Crippen molar-refractivity contribution in [2.45, 2.75) is 78.1 Å². The fourth-order valence-corrected chi connectivity index (χ4v) is 5.54. The quantitative estimate of drug-likeness (QED) is 0.718. The van der Waals surface area contributed by atoms with Gasteiger partial charge >= 0.3 is 0 Å². The number of phenolic OH excluding ortho intramolecular Hbond substituents is 1. The molecule has 2 atom stereocenters. The zero-order chi connectivity index (χ0) is 15.4. The van der Waals surface area contributed by atoms with Gasteiger partial charge in [0.05, 0.1) is 0 Å². The van der Waals surface area contributed by atoms with E-state index in [0.717, 1.165) is 12.3 Å². The molecule has 1 unspecified atom stereocenters. The van der Waals surface area contributed by atoms with Crippen LogP contribution in [0, 0.1) is 11.3 Å². The molecular formula is C20H30O. The molecule has 0 heterocycles. The largest absolute Gasteiger partial charge is 0.508 e. The highest BCUT2D eigenvalue weighted by Crippen LogP contribution is 2.58. The van der Waals surface area contributed by atoms with Crippen molar-refractivity contribution in [3.05, 3.63) is 28.8 Å². The molecule has 1 N–H and O–H groups in total. The van der Waals surface area contributed by atoms with Crippen LogP contribution in [0.4, 0.5) is 0 Å². The normalized spacial score (nSPS) is 30.9. The molecule has 1 fully saturated rings. The molecule has 0 bridgehead atoms. The molecule has 0 radical (unpaired) electrons. The van der Waals surface area contributed by atoms with Gasteiger partial charge in [-0.3, -0.25) is 0 Å². The van der Waals surface area contributed by atoms with Crippen LogP contribution in [0.5, 0.6) is 5.75 Å². The predicted octanol–water partition coefficient (Wildman–Crippen LogP) is 5.55. The van der Waals surface area contributed by atoms with Gasteiger partial charge in [-0.25, -0.2) is 0 Å². The summed E-state index contributed by atoms with van der Waals surface area (Å²) in [6, 6.07) is 4.17. The van der Waals surface area contributed by atoms with E-state index in [-0.39, 0.29) is 0 Å². The first-order valence-electron chi connectivity index (χ1n) is 8.62. The zero-order valence-electron chi connectivity index (χ0n) is 14.3.